The summed E-state index contributed by atoms with van der Waals surface area (Å²) in [5, 5.41) is 12.4. The van der Waals surface area contributed by atoms with Gasteiger partial charge >= 0.3 is 0 Å². The van der Waals surface area contributed by atoms with Crippen LogP contribution in [0.3, 0.4) is 0 Å². The van der Waals surface area contributed by atoms with Crippen molar-refractivity contribution < 1.29 is 4.79 Å². The molecule has 1 N–H and O–H groups in total. The molecule has 23 heavy (non-hydrogen) atoms. The van der Waals surface area contributed by atoms with E-state index >= 15 is 0 Å². The molecule has 1 aromatic heterocycles. The van der Waals surface area contributed by atoms with E-state index in [2.05, 4.69) is 15.5 Å². The third kappa shape index (κ3) is 3.46. The van der Waals surface area contributed by atoms with Crippen molar-refractivity contribution in [1.82, 2.24) is 10.2 Å². The first-order valence-corrected chi connectivity index (χ1v) is 8.14. The van der Waals surface area contributed by atoms with E-state index in [0.29, 0.717) is 10.7 Å². The van der Waals surface area contributed by atoms with Crippen LogP contribution in [0.5, 0.6) is 0 Å². The Morgan fingerprint density at radius 3 is 2.39 bits per heavy atom. The molecule has 0 bridgehead atoms. The zero-order chi connectivity index (χ0) is 16.4. The van der Waals surface area contributed by atoms with Gasteiger partial charge < -0.3 is 0 Å². The van der Waals surface area contributed by atoms with Crippen LogP contribution in [0.4, 0.5) is 5.13 Å². The van der Waals surface area contributed by atoms with Crippen LogP contribution in [-0.2, 0) is 0 Å². The molecule has 0 saturated carbocycles. The fraction of sp³-hybridized carbons (Fsp3) is 0.167. The summed E-state index contributed by atoms with van der Waals surface area (Å²) in [6.07, 6.45) is 0. The van der Waals surface area contributed by atoms with E-state index in [0.717, 1.165) is 21.7 Å². The number of nitrogens with one attached hydrogen (secondary N) is 1. The van der Waals surface area contributed by atoms with Gasteiger partial charge in [0.2, 0.25) is 5.13 Å². The molecular formula is C18H17N3OS. The van der Waals surface area contributed by atoms with Gasteiger partial charge in [-0.1, -0.05) is 58.9 Å². The molecule has 3 rings (SSSR count). The molecule has 116 valence electrons. The van der Waals surface area contributed by atoms with Gasteiger partial charge in [-0.15, -0.1) is 10.2 Å². The van der Waals surface area contributed by atoms with E-state index in [1.807, 2.05) is 63.2 Å². The van der Waals surface area contributed by atoms with E-state index in [4.69, 9.17) is 0 Å². The summed E-state index contributed by atoms with van der Waals surface area (Å²) in [5.74, 6) is -0.155. The second kappa shape index (κ2) is 6.30. The van der Waals surface area contributed by atoms with Gasteiger partial charge in [-0.05, 0) is 32.4 Å². The Hall–Kier alpha value is -2.53. The zero-order valence-electron chi connectivity index (χ0n) is 13.3. The molecule has 1 heterocycles. The number of rotatable bonds is 3. The van der Waals surface area contributed by atoms with Crippen molar-refractivity contribution in [2.75, 3.05) is 5.32 Å². The van der Waals surface area contributed by atoms with Gasteiger partial charge in [0.05, 0.1) is 0 Å². The van der Waals surface area contributed by atoms with Crippen LogP contribution in [0.25, 0.3) is 10.6 Å². The van der Waals surface area contributed by atoms with Gasteiger partial charge in [0.15, 0.2) is 0 Å². The highest BCUT2D eigenvalue weighted by Crippen LogP contribution is 2.27. The monoisotopic (exact) mass is 323 g/mol. The quantitative estimate of drug-likeness (QED) is 0.778. The fourth-order valence-corrected chi connectivity index (χ4v) is 2.98. The summed E-state index contributed by atoms with van der Waals surface area (Å²) in [5.41, 5.74) is 4.86. The van der Waals surface area contributed by atoms with E-state index < -0.39 is 0 Å². The molecule has 1 amide bonds. The van der Waals surface area contributed by atoms with Crippen LogP contribution in [0, 0.1) is 20.8 Å². The maximum Gasteiger partial charge on any atom is 0.257 e. The zero-order valence-corrected chi connectivity index (χ0v) is 14.1. The largest absolute Gasteiger partial charge is 0.296 e. The fourth-order valence-electron chi connectivity index (χ4n) is 2.23. The highest BCUT2D eigenvalue weighted by atomic mass is 32.1. The molecule has 0 saturated heterocycles. The summed E-state index contributed by atoms with van der Waals surface area (Å²) < 4.78 is 0. The minimum atomic E-state index is -0.155. The van der Waals surface area contributed by atoms with Gasteiger partial charge in [0.25, 0.3) is 5.91 Å². The van der Waals surface area contributed by atoms with Crippen LogP contribution in [-0.4, -0.2) is 16.1 Å². The second-order valence-electron chi connectivity index (χ2n) is 5.55. The third-order valence-corrected chi connectivity index (χ3v) is 4.47. The van der Waals surface area contributed by atoms with Crippen molar-refractivity contribution in [2.45, 2.75) is 20.8 Å². The molecule has 0 aliphatic carbocycles. The first-order valence-electron chi connectivity index (χ1n) is 7.32. The highest BCUT2D eigenvalue weighted by molar-refractivity contribution is 7.18. The average Bonchev–Trinajstić information content (AvgIpc) is 2.99. The normalized spacial score (nSPS) is 10.6. The predicted octanol–water partition coefficient (Wildman–Crippen LogP) is 4.38. The molecule has 0 radical (unpaired) electrons. The Morgan fingerprint density at radius 2 is 1.65 bits per heavy atom. The Bertz CT molecular complexity index is 853. The molecular weight excluding hydrogens is 306 g/mol. The number of carbonyl (C=O) groups is 1. The summed E-state index contributed by atoms with van der Waals surface area (Å²) in [6, 6.07) is 13.9. The first kappa shape index (κ1) is 15.4. The van der Waals surface area contributed by atoms with Crippen LogP contribution in [0.2, 0.25) is 0 Å². The van der Waals surface area contributed by atoms with E-state index in [9.17, 15) is 4.79 Å². The smallest absolute Gasteiger partial charge is 0.257 e. The van der Waals surface area contributed by atoms with Crippen molar-refractivity contribution in [1.29, 1.82) is 0 Å². The van der Waals surface area contributed by atoms with Gasteiger partial charge in [-0.3, -0.25) is 10.1 Å². The second-order valence-corrected chi connectivity index (χ2v) is 6.53. The minimum Gasteiger partial charge on any atom is -0.296 e. The maximum atomic E-state index is 12.4. The molecule has 0 atom stereocenters. The number of hydrogen-bond acceptors (Lipinski definition) is 4. The third-order valence-electron chi connectivity index (χ3n) is 3.58. The van der Waals surface area contributed by atoms with Crippen molar-refractivity contribution in [3.05, 3.63) is 64.7 Å². The van der Waals surface area contributed by atoms with E-state index in [1.165, 1.54) is 16.9 Å². The molecule has 2 aromatic carbocycles. The van der Waals surface area contributed by atoms with Crippen LogP contribution in [0.15, 0.2) is 42.5 Å². The lowest BCUT2D eigenvalue weighted by atomic mass is 10.1. The van der Waals surface area contributed by atoms with E-state index in [-0.39, 0.29) is 5.91 Å². The van der Waals surface area contributed by atoms with Crippen molar-refractivity contribution in [3.63, 3.8) is 0 Å². The lowest BCUT2D eigenvalue weighted by molar-refractivity contribution is 0.102. The Balaban J connectivity index is 1.80. The highest BCUT2D eigenvalue weighted by Gasteiger charge is 2.13. The lowest BCUT2D eigenvalue weighted by Crippen LogP contribution is -2.13. The standard InChI is InChI=1S/C18H17N3OS/c1-11-5-8-14(9-6-11)17-20-21-18(23-17)19-16(22)15-10-12(2)4-7-13(15)3/h4-10H,1-3H3,(H,19,21,22). The van der Waals surface area contributed by atoms with Crippen molar-refractivity contribution >= 4 is 22.4 Å². The molecule has 0 spiro atoms. The van der Waals surface area contributed by atoms with Crippen LogP contribution in [0.1, 0.15) is 27.0 Å². The van der Waals surface area contributed by atoms with Crippen molar-refractivity contribution in [3.8, 4) is 10.6 Å². The number of nitrogens with zero attached hydrogens (tertiary/aromatic N) is 2. The maximum absolute atomic E-state index is 12.4. The van der Waals surface area contributed by atoms with E-state index in [1.54, 1.807) is 0 Å². The average molecular weight is 323 g/mol. The summed E-state index contributed by atoms with van der Waals surface area (Å²) in [6.45, 7) is 5.93. The Labute approximate surface area is 139 Å². The van der Waals surface area contributed by atoms with Crippen LogP contribution < -0.4 is 5.32 Å². The topological polar surface area (TPSA) is 54.9 Å². The van der Waals surface area contributed by atoms with Gasteiger partial charge in [-0.25, -0.2) is 0 Å². The van der Waals surface area contributed by atoms with Crippen LogP contribution >= 0.6 is 11.3 Å². The Kier molecular flexibility index (Phi) is 4.21. The molecule has 5 heteroatoms. The van der Waals surface area contributed by atoms with Crippen molar-refractivity contribution in [2.24, 2.45) is 0 Å². The number of aromatic nitrogens is 2. The lowest BCUT2D eigenvalue weighted by Gasteiger charge is -2.05. The number of hydrogen-bond donors (Lipinski definition) is 1. The van der Waals surface area contributed by atoms with Gasteiger partial charge in [-0.2, -0.15) is 0 Å². The molecule has 4 nitrogen and oxygen atoms in total. The summed E-state index contributed by atoms with van der Waals surface area (Å²) in [7, 11) is 0. The number of aryl methyl sites for hydroxylation is 3. The Morgan fingerprint density at radius 1 is 0.957 bits per heavy atom. The molecule has 0 fully saturated rings. The first-order chi connectivity index (χ1) is 11.0. The number of anilines is 1. The SMILES string of the molecule is Cc1ccc(-c2nnc(NC(=O)c3cc(C)ccc3C)s2)cc1. The predicted molar refractivity (Wildman–Crippen MR) is 94.0 cm³/mol. The molecule has 0 aliphatic heterocycles. The molecule has 0 unspecified atom stereocenters. The van der Waals surface area contributed by atoms with Gasteiger partial charge in [0, 0.05) is 11.1 Å². The number of benzene rings is 2. The molecule has 0 aliphatic rings. The van der Waals surface area contributed by atoms with Gasteiger partial charge in [0.1, 0.15) is 5.01 Å². The minimum absolute atomic E-state index is 0.155. The number of carbonyl (C=O) groups excluding carboxylic acids is 1. The molecule has 3 aromatic rings. The number of amides is 1. The summed E-state index contributed by atoms with van der Waals surface area (Å²) in [4.78, 5) is 12.4. The summed E-state index contributed by atoms with van der Waals surface area (Å²) >= 11 is 1.37.